The predicted molar refractivity (Wildman–Crippen MR) is 95.9 cm³/mol. The van der Waals surface area contributed by atoms with Crippen LogP contribution in [0.2, 0.25) is 0 Å². The van der Waals surface area contributed by atoms with E-state index < -0.39 is 11.5 Å². The maximum Gasteiger partial charge on any atom is 0.349 e. The molecule has 0 atom stereocenters. The van der Waals surface area contributed by atoms with E-state index in [0.29, 0.717) is 22.4 Å². The van der Waals surface area contributed by atoms with Crippen LogP contribution in [0.25, 0.3) is 11.0 Å². The van der Waals surface area contributed by atoms with E-state index in [1.165, 1.54) is 6.07 Å². The zero-order chi connectivity index (χ0) is 17.3. The third-order valence-corrected chi connectivity index (χ3v) is 4.21. The van der Waals surface area contributed by atoms with E-state index in [4.69, 9.17) is 9.15 Å². The lowest BCUT2D eigenvalue weighted by Gasteiger charge is -2.08. The Morgan fingerprint density at radius 3 is 2.67 bits per heavy atom. The first-order chi connectivity index (χ1) is 11.5. The SMILES string of the molecule is COc1ccc2oc(=O)c(C(=O)Nc3ccc(C)cc3Br)cc2c1. The van der Waals surface area contributed by atoms with Gasteiger partial charge in [-0.2, -0.15) is 0 Å². The Morgan fingerprint density at radius 1 is 1.17 bits per heavy atom. The van der Waals surface area contributed by atoms with Crippen LogP contribution in [0.1, 0.15) is 15.9 Å². The second kappa shape index (κ2) is 6.49. The Bertz CT molecular complexity index is 994. The molecule has 3 rings (SSSR count). The summed E-state index contributed by atoms with van der Waals surface area (Å²) in [5.74, 6) is 0.0852. The molecule has 0 unspecified atom stereocenters. The predicted octanol–water partition coefficient (Wildman–Crippen LogP) is 4.12. The Balaban J connectivity index is 1.99. The lowest BCUT2D eigenvalue weighted by atomic mass is 10.1. The molecule has 1 N–H and O–H groups in total. The van der Waals surface area contributed by atoms with Gasteiger partial charge < -0.3 is 14.5 Å². The van der Waals surface area contributed by atoms with E-state index in [9.17, 15) is 9.59 Å². The monoisotopic (exact) mass is 387 g/mol. The van der Waals surface area contributed by atoms with E-state index in [1.807, 2.05) is 19.1 Å². The van der Waals surface area contributed by atoms with Crippen LogP contribution >= 0.6 is 15.9 Å². The van der Waals surface area contributed by atoms with Crippen molar-refractivity contribution in [2.45, 2.75) is 6.92 Å². The summed E-state index contributed by atoms with van der Waals surface area (Å²) in [5, 5.41) is 3.32. The zero-order valence-corrected chi connectivity index (χ0v) is 14.6. The summed E-state index contributed by atoms with van der Waals surface area (Å²) in [5.41, 5.74) is 1.28. The van der Waals surface area contributed by atoms with Crippen molar-refractivity contribution in [3.05, 3.63) is 68.5 Å². The summed E-state index contributed by atoms with van der Waals surface area (Å²) < 4.78 is 11.1. The number of methoxy groups -OCH3 is 1. The molecule has 2 aromatic carbocycles. The van der Waals surface area contributed by atoms with Gasteiger partial charge in [0.2, 0.25) is 0 Å². The molecule has 0 saturated heterocycles. The van der Waals surface area contributed by atoms with Crippen molar-refractivity contribution in [3.8, 4) is 5.75 Å². The Morgan fingerprint density at radius 2 is 1.96 bits per heavy atom. The van der Waals surface area contributed by atoms with Crippen molar-refractivity contribution < 1.29 is 13.9 Å². The van der Waals surface area contributed by atoms with Crippen LogP contribution in [0.4, 0.5) is 5.69 Å². The van der Waals surface area contributed by atoms with Crippen LogP contribution < -0.4 is 15.7 Å². The molecule has 6 heteroatoms. The zero-order valence-electron chi connectivity index (χ0n) is 13.1. The fourth-order valence-electron chi connectivity index (χ4n) is 2.30. The summed E-state index contributed by atoms with van der Waals surface area (Å²) in [6, 6.07) is 12.0. The van der Waals surface area contributed by atoms with Crippen molar-refractivity contribution >= 4 is 38.5 Å². The average Bonchev–Trinajstić information content (AvgIpc) is 2.56. The molecule has 0 aliphatic heterocycles. The van der Waals surface area contributed by atoms with Gasteiger partial charge in [0.05, 0.1) is 12.8 Å². The van der Waals surface area contributed by atoms with Gasteiger partial charge in [-0.15, -0.1) is 0 Å². The molecule has 1 aromatic heterocycles. The molecule has 0 radical (unpaired) electrons. The van der Waals surface area contributed by atoms with E-state index in [1.54, 1.807) is 31.4 Å². The Labute approximate surface area is 146 Å². The fourth-order valence-corrected chi connectivity index (χ4v) is 2.89. The maximum atomic E-state index is 12.4. The number of nitrogens with one attached hydrogen (secondary N) is 1. The third kappa shape index (κ3) is 3.19. The van der Waals surface area contributed by atoms with Crippen molar-refractivity contribution in [2.24, 2.45) is 0 Å². The van der Waals surface area contributed by atoms with Gasteiger partial charge in [0.25, 0.3) is 5.91 Å². The average molecular weight is 388 g/mol. The molecule has 0 aliphatic carbocycles. The number of fused-ring (bicyclic) bond motifs is 1. The van der Waals surface area contributed by atoms with Crippen molar-refractivity contribution in [2.75, 3.05) is 12.4 Å². The first-order valence-corrected chi connectivity index (χ1v) is 7.96. The van der Waals surface area contributed by atoms with E-state index in [-0.39, 0.29) is 5.56 Å². The molecule has 0 saturated carbocycles. The van der Waals surface area contributed by atoms with Gasteiger partial charge in [-0.3, -0.25) is 4.79 Å². The normalized spacial score (nSPS) is 10.6. The molecule has 0 bridgehead atoms. The standard InChI is InChI=1S/C18H14BrNO4/c1-10-3-5-15(14(19)7-10)20-17(21)13-9-11-8-12(23-2)4-6-16(11)24-18(13)22/h3-9H,1-2H3,(H,20,21). The number of carbonyl (C=O) groups excluding carboxylic acids is 1. The van der Waals surface area contributed by atoms with E-state index in [0.717, 1.165) is 10.0 Å². The second-order valence-electron chi connectivity index (χ2n) is 5.29. The molecule has 0 fully saturated rings. The van der Waals surface area contributed by atoms with Crippen LogP contribution in [-0.2, 0) is 0 Å². The van der Waals surface area contributed by atoms with Crippen LogP contribution in [0.3, 0.4) is 0 Å². The molecular formula is C18H14BrNO4. The first kappa shape index (κ1) is 16.3. The number of benzene rings is 2. The van der Waals surface area contributed by atoms with Gasteiger partial charge in [0, 0.05) is 9.86 Å². The summed E-state index contributed by atoms with van der Waals surface area (Å²) in [4.78, 5) is 24.5. The van der Waals surface area contributed by atoms with Gasteiger partial charge in [0.15, 0.2) is 0 Å². The molecule has 122 valence electrons. The lowest BCUT2D eigenvalue weighted by molar-refractivity contribution is 0.102. The highest BCUT2D eigenvalue weighted by molar-refractivity contribution is 9.10. The van der Waals surface area contributed by atoms with Crippen molar-refractivity contribution in [1.29, 1.82) is 0 Å². The second-order valence-corrected chi connectivity index (χ2v) is 6.14. The van der Waals surface area contributed by atoms with Gasteiger partial charge in [0.1, 0.15) is 16.9 Å². The number of ether oxygens (including phenoxy) is 1. The van der Waals surface area contributed by atoms with Gasteiger partial charge in [-0.25, -0.2) is 4.79 Å². The number of aryl methyl sites for hydroxylation is 1. The molecule has 0 aliphatic rings. The molecular weight excluding hydrogens is 374 g/mol. The fraction of sp³-hybridized carbons (Fsp3) is 0.111. The number of anilines is 1. The van der Waals surface area contributed by atoms with Crippen LogP contribution in [-0.4, -0.2) is 13.0 Å². The molecule has 5 nitrogen and oxygen atoms in total. The quantitative estimate of drug-likeness (QED) is 0.686. The summed E-state index contributed by atoms with van der Waals surface area (Å²) in [6.45, 7) is 1.95. The highest BCUT2D eigenvalue weighted by atomic mass is 79.9. The van der Waals surface area contributed by atoms with Crippen molar-refractivity contribution in [1.82, 2.24) is 0 Å². The Hall–Kier alpha value is -2.60. The minimum absolute atomic E-state index is 0.0665. The topological polar surface area (TPSA) is 68.5 Å². The largest absolute Gasteiger partial charge is 0.497 e. The van der Waals surface area contributed by atoms with Crippen LogP contribution in [0.15, 0.2) is 56.1 Å². The van der Waals surface area contributed by atoms with E-state index >= 15 is 0 Å². The summed E-state index contributed by atoms with van der Waals surface area (Å²) in [6.07, 6.45) is 0. The van der Waals surface area contributed by atoms with Crippen LogP contribution in [0.5, 0.6) is 5.75 Å². The van der Waals surface area contributed by atoms with Crippen molar-refractivity contribution in [3.63, 3.8) is 0 Å². The number of amides is 1. The number of rotatable bonds is 3. The minimum atomic E-state index is -0.687. The molecule has 0 spiro atoms. The summed E-state index contributed by atoms with van der Waals surface area (Å²) >= 11 is 3.39. The van der Waals surface area contributed by atoms with Gasteiger partial charge >= 0.3 is 5.63 Å². The number of hydrogen-bond donors (Lipinski definition) is 1. The lowest BCUT2D eigenvalue weighted by Crippen LogP contribution is -2.20. The Kier molecular flexibility index (Phi) is 4.40. The number of carbonyl (C=O) groups is 1. The number of halogens is 1. The maximum absolute atomic E-state index is 12.4. The smallest absolute Gasteiger partial charge is 0.349 e. The molecule has 1 heterocycles. The highest BCUT2D eigenvalue weighted by Crippen LogP contribution is 2.24. The van der Waals surface area contributed by atoms with Gasteiger partial charge in [-0.1, -0.05) is 6.07 Å². The molecule has 24 heavy (non-hydrogen) atoms. The number of hydrogen-bond acceptors (Lipinski definition) is 4. The van der Waals surface area contributed by atoms with Crippen LogP contribution in [0, 0.1) is 6.92 Å². The highest BCUT2D eigenvalue weighted by Gasteiger charge is 2.15. The van der Waals surface area contributed by atoms with Gasteiger partial charge in [-0.05, 0) is 64.8 Å². The van der Waals surface area contributed by atoms with E-state index in [2.05, 4.69) is 21.2 Å². The third-order valence-electron chi connectivity index (χ3n) is 3.56. The molecule has 3 aromatic rings. The molecule has 1 amide bonds. The first-order valence-electron chi connectivity index (χ1n) is 7.17. The minimum Gasteiger partial charge on any atom is -0.497 e. The summed E-state index contributed by atoms with van der Waals surface area (Å²) in [7, 11) is 1.54.